The van der Waals surface area contributed by atoms with E-state index >= 15 is 0 Å². The number of carbonyl (C=O) groups is 1. The molecule has 90 valence electrons. The molecule has 0 spiro atoms. The number of aldehydes is 1. The van der Waals surface area contributed by atoms with Crippen LogP contribution in [0.3, 0.4) is 0 Å². The van der Waals surface area contributed by atoms with E-state index in [1.807, 2.05) is 30.3 Å². The highest BCUT2D eigenvalue weighted by molar-refractivity contribution is 5.94. The van der Waals surface area contributed by atoms with Gasteiger partial charge in [0.05, 0.1) is 7.11 Å². The van der Waals surface area contributed by atoms with Crippen molar-refractivity contribution < 1.29 is 9.53 Å². The number of hydrogen-bond acceptors (Lipinski definition) is 3. The molecule has 0 saturated heterocycles. The van der Waals surface area contributed by atoms with E-state index in [0.717, 1.165) is 28.4 Å². The minimum atomic E-state index is 0. The van der Waals surface area contributed by atoms with Gasteiger partial charge < -0.3 is 15.3 Å². The van der Waals surface area contributed by atoms with Crippen LogP contribution in [0.15, 0.2) is 30.3 Å². The van der Waals surface area contributed by atoms with Gasteiger partial charge in [-0.05, 0) is 29.1 Å². The molecule has 0 radical (unpaired) electrons. The van der Waals surface area contributed by atoms with E-state index in [4.69, 9.17) is 10.5 Å². The lowest BCUT2D eigenvalue weighted by molar-refractivity contribution is -0.107. The second-order valence-electron chi connectivity index (χ2n) is 3.64. The molecule has 0 aromatic heterocycles. The fraction of sp³-hybridized carbons (Fsp3) is 0.154. The van der Waals surface area contributed by atoms with E-state index < -0.39 is 0 Å². The van der Waals surface area contributed by atoms with E-state index in [2.05, 4.69) is 0 Å². The van der Waals surface area contributed by atoms with Gasteiger partial charge in [-0.1, -0.05) is 12.1 Å². The SMILES string of the molecule is COc1ccc2cc(CC=O)cc(N)c2c1.Cl. The van der Waals surface area contributed by atoms with Crippen molar-refractivity contribution in [3.8, 4) is 5.75 Å². The van der Waals surface area contributed by atoms with Crippen LogP contribution in [0.4, 0.5) is 5.69 Å². The maximum Gasteiger partial charge on any atom is 0.124 e. The number of anilines is 1. The summed E-state index contributed by atoms with van der Waals surface area (Å²) in [7, 11) is 1.62. The van der Waals surface area contributed by atoms with Crippen molar-refractivity contribution >= 4 is 35.2 Å². The minimum Gasteiger partial charge on any atom is -0.497 e. The van der Waals surface area contributed by atoms with E-state index in [0.29, 0.717) is 12.1 Å². The third-order valence-electron chi connectivity index (χ3n) is 2.57. The first-order valence-electron chi connectivity index (χ1n) is 5.04. The zero-order valence-electron chi connectivity index (χ0n) is 9.47. The monoisotopic (exact) mass is 251 g/mol. The Kier molecular flexibility index (Phi) is 4.35. The molecular formula is C13H14ClNO2. The molecule has 3 nitrogen and oxygen atoms in total. The summed E-state index contributed by atoms with van der Waals surface area (Å²) in [4.78, 5) is 10.5. The van der Waals surface area contributed by atoms with Gasteiger partial charge in [0.1, 0.15) is 12.0 Å². The molecule has 0 bridgehead atoms. The van der Waals surface area contributed by atoms with Crippen LogP contribution in [0.25, 0.3) is 10.8 Å². The third-order valence-corrected chi connectivity index (χ3v) is 2.57. The van der Waals surface area contributed by atoms with Crippen LogP contribution in [0.2, 0.25) is 0 Å². The molecular weight excluding hydrogens is 238 g/mol. The van der Waals surface area contributed by atoms with E-state index in [1.165, 1.54) is 0 Å². The van der Waals surface area contributed by atoms with Crippen molar-refractivity contribution in [2.45, 2.75) is 6.42 Å². The van der Waals surface area contributed by atoms with Crippen molar-refractivity contribution in [1.82, 2.24) is 0 Å². The molecule has 0 heterocycles. The minimum absolute atomic E-state index is 0. The number of benzene rings is 2. The maximum absolute atomic E-state index is 10.5. The lowest BCUT2D eigenvalue weighted by Crippen LogP contribution is -1.93. The van der Waals surface area contributed by atoms with Crippen LogP contribution in [-0.4, -0.2) is 13.4 Å². The van der Waals surface area contributed by atoms with Gasteiger partial charge in [-0.15, -0.1) is 12.4 Å². The first-order chi connectivity index (χ1) is 7.74. The summed E-state index contributed by atoms with van der Waals surface area (Å²) in [5.74, 6) is 0.780. The van der Waals surface area contributed by atoms with Gasteiger partial charge in [0.15, 0.2) is 0 Å². The number of ether oxygens (including phenoxy) is 1. The molecule has 2 aromatic carbocycles. The van der Waals surface area contributed by atoms with Crippen molar-refractivity contribution in [3.63, 3.8) is 0 Å². The van der Waals surface area contributed by atoms with Gasteiger partial charge in [-0.25, -0.2) is 0 Å². The van der Waals surface area contributed by atoms with Crippen molar-refractivity contribution in [2.75, 3.05) is 12.8 Å². The van der Waals surface area contributed by atoms with Crippen LogP contribution < -0.4 is 10.5 Å². The number of methoxy groups -OCH3 is 1. The summed E-state index contributed by atoms with van der Waals surface area (Å²) >= 11 is 0. The van der Waals surface area contributed by atoms with Crippen molar-refractivity contribution in [3.05, 3.63) is 35.9 Å². The molecule has 0 aliphatic carbocycles. The Morgan fingerprint density at radius 2 is 2.06 bits per heavy atom. The predicted octanol–water partition coefficient (Wildman–Crippen LogP) is 2.59. The smallest absolute Gasteiger partial charge is 0.124 e. The number of halogens is 1. The molecule has 0 atom stereocenters. The normalized spacial score (nSPS) is 9.71. The molecule has 4 heteroatoms. The fourth-order valence-corrected chi connectivity index (χ4v) is 1.77. The van der Waals surface area contributed by atoms with Gasteiger partial charge in [0.25, 0.3) is 0 Å². The lowest BCUT2D eigenvalue weighted by Gasteiger charge is -2.07. The second kappa shape index (κ2) is 5.55. The van der Waals surface area contributed by atoms with Gasteiger partial charge in [-0.3, -0.25) is 0 Å². The number of hydrogen-bond donors (Lipinski definition) is 1. The van der Waals surface area contributed by atoms with Crippen LogP contribution in [-0.2, 0) is 11.2 Å². The average Bonchev–Trinajstić information content (AvgIpc) is 2.29. The average molecular weight is 252 g/mol. The molecule has 0 unspecified atom stereocenters. The molecule has 0 fully saturated rings. The highest BCUT2D eigenvalue weighted by Crippen LogP contribution is 2.27. The van der Waals surface area contributed by atoms with Crippen molar-refractivity contribution in [2.24, 2.45) is 0 Å². The van der Waals surface area contributed by atoms with Gasteiger partial charge in [0.2, 0.25) is 0 Å². The van der Waals surface area contributed by atoms with Crippen molar-refractivity contribution in [1.29, 1.82) is 0 Å². The Balaban J connectivity index is 0.00000144. The second-order valence-corrected chi connectivity index (χ2v) is 3.64. The Labute approximate surface area is 106 Å². The Morgan fingerprint density at radius 1 is 1.29 bits per heavy atom. The van der Waals surface area contributed by atoms with Crippen LogP contribution in [0.5, 0.6) is 5.75 Å². The standard InChI is InChI=1S/C13H13NO2.ClH/c1-16-11-3-2-10-6-9(4-5-15)7-13(14)12(10)8-11;/h2-3,5-8H,4,14H2,1H3;1H. The molecule has 2 rings (SSSR count). The number of carbonyl (C=O) groups excluding carboxylic acids is 1. The Bertz CT molecular complexity index is 540. The molecule has 17 heavy (non-hydrogen) atoms. The summed E-state index contributed by atoms with van der Waals surface area (Å²) in [6.07, 6.45) is 1.27. The number of rotatable bonds is 3. The Morgan fingerprint density at radius 3 is 2.71 bits per heavy atom. The van der Waals surface area contributed by atoms with E-state index in [9.17, 15) is 4.79 Å². The predicted molar refractivity (Wildman–Crippen MR) is 71.9 cm³/mol. The summed E-state index contributed by atoms with van der Waals surface area (Å²) < 4.78 is 5.14. The maximum atomic E-state index is 10.5. The van der Waals surface area contributed by atoms with Gasteiger partial charge in [-0.2, -0.15) is 0 Å². The quantitative estimate of drug-likeness (QED) is 0.674. The first kappa shape index (κ1) is 13.3. The van der Waals surface area contributed by atoms with E-state index in [1.54, 1.807) is 7.11 Å². The largest absolute Gasteiger partial charge is 0.497 e. The molecule has 2 N–H and O–H groups in total. The summed E-state index contributed by atoms with van der Waals surface area (Å²) in [5, 5.41) is 1.98. The highest BCUT2D eigenvalue weighted by Gasteiger charge is 2.03. The highest BCUT2D eigenvalue weighted by atomic mass is 35.5. The number of nitrogen functional groups attached to an aromatic ring is 1. The molecule has 0 aliphatic rings. The molecule has 0 saturated carbocycles. The Hall–Kier alpha value is -1.74. The van der Waals surface area contributed by atoms with E-state index in [-0.39, 0.29) is 12.4 Å². The first-order valence-corrected chi connectivity index (χ1v) is 5.04. The molecule has 0 amide bonds. The summed E-state index contributed by atoms with van der Waals surface area (Å²) in [6, 6.07) is 9.52. The fourth-order valence-electron chi connectivity index (χ4n) is 1.77. The van der Waals surface area contributed by atoms with Crippen LogP contribution >= 0.6 is 12.4 Å². The summed E-state index contributed by atoms with van der Waals surface area (Å²) in [5.41, 5.74) is 7.55. The summed E-state index contributed by atoms with van der Waals surface area (Å²) in [6.45, 7) is 0. The number of fused-ring (bicyclic) bond motifs is 1. The zero-order valence-corrected chi connectivity index (χ0v) is 10.3. The van der Waals surface area contributed by atoms with Gasteiger partial charge in [0, 0.05) is 17.5 Å². The van der Waals surface area contributed by atoms with Crippen LogP contribution in [0.1, 0.15) is 5.56 Å². The molecule has 0 aliphatic heterocycles. The van der Waals surface area contributed by atoms with Gasteiger partial charge >= 0.3 is 0 Å². The topological polar surface area (TPSA) is 52.3 Å². The molecule has 2 aromatic rings. The van der Waals surface area contributed by atoms with Crippen LogP contribution in [0, 0.1) is 0 Å². The third kappa shape index (κ3) is 2.68. The number of nitrogens with two attached hydrogens (primary N) is 1. The zero-order chi connectivity index (χ0) is 11.5. The lowest BCUT2D eigenvalue weighted by atomic mass is 10.0.